The molecule has 2 aliphatic heterocycles. The van der Waals surface area contributed by atoms with Crippen LogP contribution in [0.15, 0.2) is 24.5 Å². The molecule has 0 atom stereocenters. The highest BCUT2D eigenvalue weighted by molar-refractivity contribution is 7.92. The number of halogens is 2. The molecule has 1 saturated carbocycles. The number of nitrogens with zero attached hydrogens (tertiary/aromatic N) is 5. The minimum atomic E-state index is -2.80. The number of anilines is 2. The topological polar surface area (TPSA) is 93.0 Å². The zero-order valence-corrected chi connectivity index (χ0v) is 20.2. The van der Waals surface area contributed by atoms with E-state index in [1.54, 1.807) is 12.4 Å². The fourth-order valence-electron chi connectivity index (χ4n) is 4.89. The number of piperidine rings is 1. The maximum atomic E-state index is 11.5. The maximum Gasteiger partial charge on any atom is 0.227 e. The minimum absolute atomic E-state index is 0.181. The second-order valence-electron chi connectivity index (χ2n) is 9.32. The molecular weight excluding hydrogens is 483 g/mol. The molecule has 2 aromatic heterocycles. The van der Waals surface area contributed by atoms with Crippen molar-refractivity contribution in [1.82, 2.24) is 24.6 Å². The average molecular weight is 507 g/mol. The molecule has 0 unspecified atom stereocenters. The molecule has 174 valence electrons. The van der Waals surface area contributed by atoms with E-state index in [2.05, 4.69) is 26.4 Å². The third kappa shape index (κ3) is 4.20. The Balaban J connectivity index is 1.20. The van der Waals surface area contributed by atoms with Crippen LogP contribution in [0.5, 0.6) is 0 Å². The molecule has 11 heteroatoms. The first-order valence-corrected chi connectivity index (χ1v) is 13.8. The number of benzene rings is 1. The van der Waals surface area contributed by atoms with Gasteiger partial charge in [0.05, 0.1) is 34.9 Å². The molecular formula is C22H24Cl2N6O2S. The maximum absolute atomic E-state index is 11.5. The molecule has 0 amide bonds. The van der Waals surface area contributed by atoms with Gasteiger partial charge in [-0.1, -0.05) is 23.2 Å². The van der Waals surface area contributed by atoms with E-state index in [0.717, 1.165) is 60.3 Å². The van der Waals surface area contributed by atoms with E-state index in [0.29, 0.717) is 40.3 Å². The van der Waals surface area contributed by atoms with Gasteiger partial charge in [0, 0.05) is 22.6 Å². The number of hydrogen-bond acceptors (Lipinski definition) is 7. The second-order valence-corrected chi connectivity index (χ2v) is 12.2. The second kappa shape index (κ2) is 8.08. The number of aromatic nitrogens is 4. The molecule has 3 aromatic rings. The van der Waals surface area contributed by atoms with Gasteiger partial charge < -0.3 is 5.32 Å². The predicted molar refractivity (Wildman–Crippen MR) is 129 cm³/mol. The molecule has 3 fully saturated rings. The van der Waals surface area contributed by atoms with Crippen LogP contribution in [0.25, 0.3) is 10.9 Å². The fraction of sp³-hybridized carbons (Fsp3) is 0.500. The van der Waals surface area contributed by atoms with E-state index < -0.39 is 9.84 Å². The van der Waals surface area contributed by atoms with Crippen molar-refractivity contribution in [3.8, 4) is 0 Å². The summed E-state index contributed by atoms with van der Waals surface area (Å²) in [6, 6.07) is 4.57. The molecule has 0 spiro atoms. The Morgan fingerprint density at radius 2 is 1.76 bits per heavy atom. The Labute approximate surface area is 202 Å². The van der Waals surface area contributed by atoms with Crippen LogP contribution in [0.4, 0.5) is 11.6 Å². The first-order valence-electron chi connectivity index (χ1n) is 11.3. The monoisotopic (exact) mass is 506 g/mol. The lowest BCUT2D eigenvalue weighted by Gasteiger charge is -2.41. The van der Waals surface area contributed by atoms with Gasteiger partial charge in [0.2, 0.25) is 5.95 Å². The van der Waals surface area contributed by atoms with Crippen molar-refractivity contribution in [2.75, 3.05) is 29.9 Å². The first kappa shape index (κ1) is 21.6. The van der Waals surface area contributed by atoms with Crippen molar-refractivity contribution in [3.05, 3.63) is 40.3 Å². The summed E-state index contributed by atoms with van der Waals surface area (Å²) in [6.45, 7) is 1.78. The lowest BCUT2D eigenvalue weighted by atomic mass is 9.88. The summed E-state index contributed by atoms with van der Waals surface area (Å²) in [5, 5.41) is 9.75. The summed E-state index contributed by atoms with van der Waals surface area (Å²) in [7, 11) is -2.80. The number of fused-ring (bicyclic) bond motifs is 1. The van der Waals surface area contributed by atoms with Gasteiger partial charge in [-0.3, -0.25) is 4.90 Å². The molecule has 4 heterocycles. The van der Waals surface area contributed by atoms with Gasteiger partial charge in [-0.05, 0) is 62.4 Å². The van der Waals surface area contributed by atoms with E-state index in [9.17, 15) is 8.42 Å². The van der Waals surface area contributed by atoms with Crippen molar-refractivity contribution in [1.29, 1.82) is 0 Å². The lowest BCUT2D eigenvalue weighted by molar-refractivity contribution is 0.166. The third-order valence-electron chi connectivity index (χ3n) is 6.95. The van der Waals surface area contributed by atoms with Crippen LogP contribution in [0.1, 0.15) is 43.2 Å². The summed E-state index contributed by atoms with van der Waals surface area (Å²) in [4.78, 5) is 11.4. The SMILES string of the molecule is O=S1(=O)CC(N2CCC(c3cc4nc(Nc5cnn(C6CC6)c5Cl)ncc4cc3Cl)CC2)C1. The minimum Gasteiger partial charge on any atom is -0.320 e. The van der Waals surface area contributed by atoms with Crippen LogP contribution >= 0.6 is 23.2 Å². The van der Waals surface area contributed by atoms with Crippen LogP contribution < -0.4 is 5.32 Å². The highest BCUT2D eigenvalue weighted by atomic mass is 35.5. The standard InChI is InChI=1S/C22H24Cl2N6O2S/c23-18-7-14-9-25-22(28-20-10-26-30(21(20)24)15-1-2-15)27-19(14)8-17(18)13-3-5-29(6-4-13)16-11-33(31,32)12-16/h7-10,13,15-16H,1-6,11-12H2,(H,25,27,28). The van der Waals surface area contributed by atoms with E-state index in [4.69, 9.17) is 28.2 Å². The van der Waals surface area contributed by atoms with Crippen LogP contribution in [0.2, 0.25) is 10.2 Å². The quantitative estimate of drug-likeness (QED) is 0.554. The molecule has 3 aliphatic rings. The summed E-state index contributed by atoms with van der Waals surface area (Å²) in [5.74, 6) is 1.39. The van der Waals surface area contributed by atoms with Gasteiger partial charge in [-0.2, -0.15) is 5.10 Å². The fourth-order valence-corrected chi connectivity index (χ4v) is 6.99. The van der Waals surface area contributed by atoms with Crippen molar-refractivity contribution in [2.24, 2.45) is 0 Å². The molecule has 2 saturated heterocycles. The Kier molecular flexibility index (Phi) is 5.28. The molecule has 8 nitrogen and oxygen atoms in total. The Morgan fingerprint density at radius 3 is 2.45 bits per heavy atom. The number of rotatable bonds is 5. The zero-order chi connectivity index (χ0) is 22.7. The summed E-state index contributed by atoms with van der Waals surface area (Å²) >= 11 is 13.1. The van der Waals surface area contributed by atoms with Crippen LogP contribution in [0.3, 0.4) is 0 Å². The van der Waals surface area contributed by atoms with E-state index in [-0.39, 0.29) is 6.04 Å². The predicted octanol–water partition coefficient (Wildman–Crippen LogP) is 4.19. The third-order valence-corrected chi connectivity index (χ3v) is 9.44. The van der Waals surface area contributed by atoms with E-state index in [1.165, 1.54) is 0 Å². The van der Waals surface area contributed by atoms with Gasteiger partial charge >= 0.3 is 0 Å². The lowest BCUT2D eigenvalue weighted by Crippen LogP contribution is -2.55. The Hall–Kier alpha value is -1.94. The van der Waals surface area contributed by atoms with Crippen molar-refractivity contribution in [3.63, 3.8) is 0 Å². The molecule has 1 aliphatic carbocycles. The number of sulfone groups is 1. The number of likely N-dealkylation sites (tertiary alicyclic amines) is 1. The molecule has 1 aromatic carbocycles. The number of nitrogens with one attached hydrogen (secondary N) is 1. The Bertz CT molecular complexity index is 1320. The average Bonchev–Trinajstić information content (AvgIpc) is 3.56. The van der Waals surface area contributed by atoms with Gasteiger partial charge in [-0.15, -0.1) is 0 Å². The highest BCUT2D eigenvalue weighted by Crippen LogP contribution is 2.39. The normalized spacial score (nSPS) is 21.9. The van der Waals surface area contributed by atoms with Crippen LogP contribution in [-0.2, 0) is 9.84 Å². The molecule has 33 heavy (non-hydrogen) atoms. The van der Waals surface area contributed by atoms with Gasteiger partial charge in [0.25, 0.3) is 0 Å². The summed E-state index contributed by atoms with van der Waals surface area (Å²) < 4.78 is 24.9. The van der Waals surface area contributed by atoms with Gasteiger partial charge in [0.1, 0.15) is 0 Å². The van der Waals surface area contributed by atoms with Crippen molar-refractivity contribution < 1.29 is 8.42 Å². The molecule has 0 bridgehead atoms. The zero-order valence-electron chi connectivity index (χ0n) is 17.9. The van der Waals surface area contributed by atoms with Crippen molar-refractivity contribution >= 4 is 55.6 Å². The van der Waals surface area contributed by atoms with E-state index in [1.807, 2.05) is 10.7 Å². The molecule has 0 radical (unpaired) electrons. The van der Waals surface area contributed by atoms with E-state index >= 15 is 0 Å². The Morgan fingerprint density at radius 1 is 1.00 bits per heavy atom. The van der Waals surface area contributed by atoms with Crippen LogP contribution in [-0.4, -0.2) is 63.7 Å². The van der Waals surface area contributed by atoms with Gasteiger partial charge in [0.15, 0.2) is 15.0 Å². The number of hydrogen-bond donors (Lipinski definition) is 1. The highest BCUT2D eigenvalue weighted by Gasteiger charge is 2.39. The summed E-state index contributed by atoms with van der Waals surface area (Å²) in [5.41, 5.74) is 2.61. The molecule has 1 N–H and O–H groups in total. The van der Waals surface area contributed by atoms with Gasteiger partial charge in [-0.25, -0.2) is 23.1 Å². The summed E-state index contributed by atoms with van der Waals surface area (Å²) in [6.07, 6.45) is 7.59. The first-order chi connectivity index (χ1) is 15.9. The largest absolute Gasteiger partial charge is 0.320 e. The molecule has 6 rings (SSSR count). The van der Waals surface area contributed by atoms with Crippen molar-refractivity contribution in [2.45, 2.75) is 43.7 Å². The smallest absolute Gasteiger partial charge is 0.227 e. The van der Waals surface area contributed by atoms with Crippen LogP contribution in [0, 0.1) is 0 Å².